The van der Waals surface area contributed by atoms with Gasteiger partial charge in [-0.25, -0.2) is 0 Å². The fourth-order valence-electron chi connectivity index (χ4n) is 1.36. The number of carbonyl (C=O) groups excluding carboxylic acids is 1. The van der Waals surface area contributed by atoms with Crippen LogP contribution in [0.4, 0.5) is 11.5 Å². The average Bonchev–Trinajstić information content (AvgIpc) is 2.71. The van der Waals surface area contributed by atoms with E-state index in [4.69, 9.17) is 11.6 Å². The maximum atomic E-state index is 11.8. The molecule has 0 bridgehead atoms. The Labute approximate surface area is 111 Å². The number of anilines is 1. The van der Waals surface area contributed by atoms with Gasteiger partial charge in [-0.2, -0.15) is 0 Å². The quantitative estimate of drug-likeness (QED) is 0.586. The third kappa shape index (κ3) is 2.63. The molecule has 0 unspecified atom stereocenters. The molecular weight excluding hydrogens is 276 g/mol. The van der Waals surface area contributed by atoms with Gasteiger partial charge in [0.25, 0.3) is 5.91 Å². The van der Waals surface area contributed by atoms with Gasteiger partial charge in [0, 0.05) is 11.8 Å². The highest BCUT2D eigenvalue weighted by atomic mass is 35.5. The molecule has 0 saturated heterocycles. The second-order valence-corrected chi connectivity index (χ2v) is 3.87. The summed E-state index contributed by atoms with van der Waals surface area (Å²) in [6, 6.07) is 5.81. The number of hydrogen-bond donors (Lipinski definition) is 3. The molecule has 0 atom stereocenters. The molecule has 2 aromatic rings. The standard InChI is InChI=1S/C10H7ClN4O4/c11-7-8(13-14-9(7)15(18)19)10(17)12-5-2-1-3-6(16)4-5/h1-4,16H,(H,12,17)(H,13,14). The van der Waals surface area contributed by atoms with Crippen LogP contribution in [0.25, 0.3) is 0 Å². The van der Waals surface area contributed by atoms with Crippen molar-refractivity contribution in [2.75, 3.05) is 5.32 Å². The molecule has 0 aliphatic rings. The molecule has 0 fully saturated rings. The van der Waals surface area contributed by atoms with Crippen LogP contribution in [0.5, 0.6) is 5.75 Å². The first-order valence-electron chi connectivity index (χ1n) is 4.97. The van der Waals surface area contributed by atoms with Gasteiger partial charge in [-0.1, -0.05) is 22.8 Å². The molecule has 3 N–H and O–H groups in total. The van der Waals surface area contributed by atoms with Gasteiger partial charge in [0.15, 0.2) is 10.7 Å². The minimum absolute atomic E-state index is 0.0306. The van der Waals surface area contributed by atoms with Crippen LogP contribution in [0.15, 0.2) is 24.3 Å². The van der Waals surface area contributed by atoms with Crippen molar-refractivity contribution in [2.45, 2.75) is 0 Å². The Kier molecular flexibility index (Phi) is 3.34. The van der Waals surface area contributed by atoms with Crippen molar-refractivity contribution in [3.8, 4) is 5.75 Å². The van der Waals surface area contributed by atoms with Crippen molar-refractivity contribution in [2.24, 2.45) is 0 Å². The zero-order chi connectivity index (χ0) is 14.0. The minimum atomic E-state index is -0.777. The highest BCUT2D eigenvalue weighted by Gasteiger charge is 2.25. The Morgan fingerprint density at radius 3 is 2.84 bits per heavy atom. The first-order valence-corrected chi connectivity index (χ1v) is 5.35. The van der Waals surface area contributed by atoms with Crippen LogP contribution in [0.2, 0.25) is 5.02 Å². The number of carbonyl (C=O) groups is 1. The number of aromatic amines is 1. The molecule has 0 radical (unpaired) electrons. The molecule has 1 heterocycles. The fraction of sp³-hybridized carbons (Fsp3) is 0. The largest absolute Gasteiger partial charge is 0.508 e. The summed E-state index contributed by atoms with van der Waals surface area (Å²) in [7, 11) is 0. The third-order valence-corrected chi connectivity index (χ3v) is 2.55. The Hall–Kier alpha value is -2.61. The van der Waals surface area contributed by atoms with Gasteiger partial charge in [0.05, 0.1) is 0 Å². The molecule has 19 heavy (non-hydrogen) atoms. The number of aromatic nitrogens is 2. The van der Waals surface area contributed by atoms with Crippen molar-refractivity contribution in [3.63, 3.8) is 0 Å². The van der Waals surface area contributed by atoms with E-state index in [9.17, 15) is 20.0 Å². The van der Waals surface area contributed by atoms with Crippen LogP contribution in [-0.4, -0.2) is 26.1 Å². The van der Waals surface area contributed by atoms with Gasteiger partial charge >= 0.3 is 5.82 Å². The number of benzene rings is 1. The van der Waals surface area contributed by atoms with Gasteiger partial charge in [-0.15, -0.1) is 5.10 Å². The average molecular weight is 283 g/mol. The van der Waals surface area contributed by atoms with E-state index >= 15 is 0 Å². The maximum Gasteiger partial charge on any atom is 0.362 e. The van der Waals surface area contributed by atoms with Gasteiger partial charge < -0.3 is 20.5 Å². The summed E-state index contributed by atoms with van der Waals surface area (Å²) in [4.78, 5) is 21.6. The molecule has 8 nitrogen and oxygen atoms in total. The van der Waals surface area contributed by atoms with E-state index in [1.807, 2.05) is 0 Å². The van der Waals surface area contributed by atoms with Crippen LogP contribution in [0.1, 0.15) is 10.5 Å². The Balaban J connectivity index is 2.23. The summed E-state index contributed by atoms with van der Waals surface area (Å²) < 4.78 is 0. The molecule has 0 saturated carbocycles. The summed E-state index contributed by atoms with van der Waals surface area (Å²) in [6.07, 6.45) is 0. The number of phenolic OH excluding ortho intramolecular Hbond substituents is 1. The maximum absolute atomic E-state index is 11.8. The number of nitro groups is 1. The summed E-state index contributed by atoms with van der Waals surface area (Å²) in [5, 5.41) is 27.4. The predicted octanol–water partition coefficient (Wildman–Crippen LogP) is 1.93. The van der Waals surface area contributed by atoms with Crippen LogP contribution >= 0.6 is 11.6 Å². The Morgan fingerprint density at radius 1 is 1.53 bits per heavy atom. The number of nitrogens with zero attached hydrogens (tertiary/aromatic N) is 2. The third-order valence-electron chi connectivity index (χ3n) is 2.19. The van der Waals surface area contributed by atoms with Crippen molar-refractivity contribution in [3.05, 3.63) is 45.1 Å². The van der Waals surface area contributed by atoms with Crippen LogP contribution in [0.3, 0.4) is 0 Å². The van der Waals surface area contributed by atoms with E-state index in [0.717, 1.165) is 0 Å². The summed E-state index contributed by atoms with van der Waals surface area (Å²) in [5.41, 5.74) is 0.0171. The van der Waals surface area contributed by atoms with Crippen molar-refractivity contribution in [1.82, 2.24) is 10.2 Å². The van der Waals surface area contributed by atoms with Gasteiger partial charge in [-0.05, 0) is 17.1 Å². The van der Waals surface area contributed by atoms with E-state index in [1.165, 1.54) is 24.3 Å². The zero-order valence-corrected chi connectivity index (χ0v) is 10.0. The lowest BCUT2D eigenvalue weighted by atomic mass is 10.3. The summed E-state index contributed by atoms with van der Waals surface area (Å²) in [5.74, 6) is -1.31. The number of H-pyrrole nitrogens is 1. The molecule has 0 aliphatic heterocycles. The molecule has 9 heteroatoms. The van der Waals surface area contributed by atoms with Crippen molar-refractivity contribution in [1.29, 1.82) is 0 Å². The Morgan fingerprint density at radius 2 is 2.26 bits per heavy atom. The van der Waals surface area contributed by atoms with Crippen molar-refractivity contribution < 1.29 is 14.8 Å². The summed E-state index contributed by atoms with van der Waals surface area (Å²) >= 11 is 5.67. The molecule has 2 rings (SSSR count). The first-order chi connectivity index (χ1) is 8.99. The van der Waals surface area contributed by atoms with Gasteiger partial charge in [-0.3, -0.25) is 4.79 Å². The smallest absolute Gasteiger partial charge is 0.362 e. The van der Waals surface area contributed by atoms with E-state index in [-0.39, 0.29) is 16.5 Å². The highest BCUT2D eigenvalue weighted by molar-refractivity contribution is 6.35. The number of aromatic hydroxyl groups is 1. The zero-order valence-electron chi connectivity index (χ0n) is 9.25. The highest BCUT2D eigenvalue weighted by Crippen LogP contribution is 2.25. The second kappa shape index (κ2) is 4.94. The Bertz CT molecular complexity index is 655. The number of nitrogens with one attached hydrogen (secondary N) is 2. The normalized spacial score (nSPS) is 10.2. The van der Waals surface area contributed by atoms with Crippen LogP contribution in [0, 0.1) is 10.1 Å². The summed E-state index contributed by atoms with van der Waals surface area (Å²) in [6.45, 7) is 0. The number of hydrogen-bond acceptors (Lipinski definition) is 5. The molecule has 1 aromatic carbocycles. The van der Waals surface area contributed by atoms with Gasteiger partial charge in [0.1, 0.15) is 5.75 Å². The number of amides is 1. The molecule has 0 spiro atoms. The molecule has 0 aliphatic carbocycles. The lowest BCUT2D eigenvalue weighted by Crippen LogP contribution is -2.12. The van der Waals surface area contributed by atoms with E-state index in [1.54, 1.807) is 0 Å². The van der Waals surface area contributed by atoms with E-state index in [2.05, 4.69) is 15.5 Å². The lowest BCUT2D eigenvalue weighted by Gasteiger charge is -2.02. The monoisotopic (exact) mass is 282 g/mol. The minimum Gasteiger partial charge on any atom is -0.508 e. The van der Waals surface area contributed by atoms with E-state index in [0.29, 0.717) is 5.69 Å². The number of rotatable bonds is 3. The fourth-order valence-corrected chi connectivity index (χ4v) is 1.60. The molecule has 1 amide bonds. The van der Waals surface area contributed by atoms with Crippen LogP contribution < -0.4 is 5.32 Å². The molecule has 1 aromatic heterocycles. The first kappa shape index (κ1) is 12.8. The van der Waals surface area contributed by atoms with Crippen LogP contribution in [-0.2, 0) is 0 Å². The molecule has 98 valence electrons. The number of phenols is 1. The lowest BCUT2D eigenvalue weighted by molar-refractivity contribution is -0.389. The second-order valence-electron chi connectivity index (χ2n) is 3.50. The predicted molar refractivity (Wildman–Crippen MR) is 66.3 cm³/mol. The van der Waals surface area contributed by atoms with E-state index < -0.39 is 16.6 Å². The topological polar surface area (TPSA) is 121 Å². The number of halogens is 1. The van der Waals surface area contributed by atoms with Gasteiger partial charge in [0.2, 0.25) is 0 Å². The van der Waals surface area contributed by atoms with Crippen molar-refractivity contribution >= 4 is 29.0 Å². The molecular formula is C10H7ClN4O4. The SMILES string of the molecule is O=C(Nc1cccc(O)c1)c1n[nH]c([N+](=O)[O-])c1Cl.